The quantitative estimate of drug-likeness (QED) is 0.202. The van der Waals surface area contributed by atoms with Gasteiger partial charge in [0.1, 0.15) is 12.2 Å². The molecule has 2 amide bonds. The molecule has 0 aromatic heterocycles. The average Bonchev–Trinajstić information content (AvgIpc) is 2.64. The second kappa shape index (κ2) is 15.4. The number of rotatable bonds is 14. The van der Waals surface area contributed by atoms with Gasteiger partial charge in [0.15, 0.2) is 8.32 Å². The van der Waals surface area contributed by atoms with Gasteiger partial charge in [0.05, 0.1) is 12.6 Å². The number of hydrogen-bond acceptors (Lipinski definition) is 5. The minimum Gasteiger partial charge on any atom is -0.444 e. The third-order valence-electron chi connectivity index (χ3n) is 5.54. The summed E-state index contributed by atoms with van der Waals surface area (Å²) in [5, 5.41) is 2.99. The van der Waals surface area contributed by atoms with Gasteiger partial charge in [-0.05, 0) is 58.2 Å². The number of amides is 2. The standard InChI is InChI=1S/C25H48N2O5Si/c1-24(2,3)32-23(29)27-21(16-17-22(26)28)20-30-18-14-12-10-9-11-13-15-19-31-33(7,8)25(4,5)6/h21H,9-11,13,15-20H2,1-8H3,(H2,26,28)(H,27,29)/t21-/m0/s1. The van der Waals surface area contributed by atoms with E-state index >= 15 is 0 Å². The zero-order valence-corrected chi connectivity index (χ0v) is 23.3. The lowest BCUT2D eigenvalue weighted by atomic mass is 10.1. The van der Waals surface area contributed by atoms with Crippen molar-refractivity contribution in [2.24, 2.45) is 5.73 Å². The van der Waals surface area contributed by atoms with Gasteiger partial charge in [-0.1, -0.05) is 39.5 Å². The minimum atomic E-state index is -1.63. The molecular formula is C25H48N2O5Si. The van der Waals surface area contributed by atoms with Crippen LogP contribution in [0.4, 0.5) is 4.79 Å². The van der Waals surface area contributed by atoms with E-state index < -0.39 is 25.9 Å². The highest BCUT2D eigenvalue weighted by Gasteiger charge is 2.36. The van der Waals surface area contributed by atoms with Crippen molar-refractivity contribution in [1.82, 2.24) is 5.32 Å². The Balaban J connectivity index is 4.04. The fourth-order valence-corrected chi connectivity index (χ4v) is 3.68. The molecule has 0 saturated heterocycles. The summed E-state index contributed by atoms with van der Waals surface area (Å²) >= 11 is 0. The van der Waals surface area contributed by atoms with Crippen LogP contribution in [0.1, 0.15) is 86.5 Å². The van der Waals surface area contributed by atoms with Gasteiger partial charge >= 0.3 is 6.09 Å². The van der Waals surface area contributed by atoms with Crippen molar-refractivity contribution in [1.29, 1.82) is 0 Å². The number of nitrogens with two attached hydrogens (primary N) is 1. The van der Waals surface area contributed by atoms with E-state index in [1.165, 1.54) is 0 Å². The van der Waals surface area contributed by atoms with Crippen LogP contribution in [0.15, 0.2) is 0 Å². The zero-order chi connectivity index (χ0) is 25.5. The fourth-order valence-electron chi connectivity index (χ4n) is 2.59. The molecule has 0 aromatic rings. The first kappa shape index (κ1) is 31.4. The van der Waals surface area contributed by atoms with Crippen molar-refractivity contribution in [2.75, 3.05) is 19.8 Å². The van der Waals surface area contributed by atoms with Gasteiger partial charge in [0.25, 0.3) is 0 Å². The van der Waals surface area contributed by atoms with Crippen LogP contribution in [-0.2, 0) is 18.7 Å². The van der Waals surface area contributed by atoms with Crippen LogP contribution in [-0.4, -0.2) is 51.8 Å². The van der Waals surface area contributed by atoms with Crippen molar-refractivity contribution in [3.05, 3.63) is 0 Å². The van der Waals surface area contributed by atoms with Crippen molar-refractivity contribution < 1.29 is 23.5 Å². The Hall–Kier alpha value is -1.56. The van der Waals surface area contributed by atoms with E-state index in [2.05, 4.69) is 51.0 Å². The average molecular weight is 485 g/mol. The van der Waals surface area contributed by atoms with Crippen molar-refractivity contribution in [3.63, 3.8) is 0 Å². The molecule has 0 aromatic carbocycles. The molecule has 7 nitrogen and oxygen atoms in total. The van der Waals surface area contributed by atoms with Gasteiger partial charge in [-0.3, -0.25) is 4.79 Å². The highest BCUT2D eigenvalue weighted by atomic mass is 28.4. The molecule has 1 atom stereocenters. The predicted octanol–water partition coefficient (Wildman–Crippen LogP) is 5.14. The van der Waals surface area contributed by atoms with Crippen LogP contribution in [0.5, 0.6) is 0 Å². The van der Waals surface area contributed by atoms with Gasteiger partial charge in [0.2, 0.25) is 5.91 Å². The smallest absolute Gasteiger partial charge is 0.407 e. The fraction of sp³-hybridized carbons (Fsp3) is 0.840. The van der Waals surface area contributed by atoms with E-state index in [1.807, 2.05) is 0 Å². The lowest BCUT2D eigenvalue weighted by molar-refractivity contribution is -0.118. The van der Waals surface area contributed by atoms with E-state index in [0.29, 0.717) is 6.42 Å². The molecule has 0 heterocycles. The molecule has 192 valence electrons. The molecule has 0 saturated carbocycles. The molecular weight excluding hydrogens is 436 g/mol. The van der Waals surface area contributed by atoms with Crippen LogP contribution in [0.3, 0.4) is 0 Å². The maximum Gasteiger partial charge on any atom is 0.407 e. The molecule has 33 heavy (non-hydrogen) atoms. The molecule has 0 aliphatic carbocycles. The minimum absolute atomic E-state index is 0.163. The van der Waals surface area contributed by atoms with Gasteiger partial charge in [0, 0.05) is 19.4 Å². The predicted molar refractivity (Wildman–Crippen MR) is 136 cm³/mol. The first-order chi connectivity index (χ1) is 15.1. The van der Waals surface area contributed by atoms with Gasteiger partial charge in [-0.25, -0.2) is 4.79 Å². The molecule has 0 aliphatic heterocycles. The van der Waals surface area contributed by atoms with E-state index in [-0.39, 0.29) is 30.7 Å². The van der Waals surface area contributed by atoms with Crippen LogP contribution < -0.4 is 11.1 Å². The highest BCUT2D eigenvalue weighted by molar-refractivity contribution is 6.74. The number of carbonyl (C=O) groups excluding carboxylic acids is 2. The number of ether oxygens (including phenoxy) is 2. The molecule has 0 spiro atoms. The van der Waals surface area contributed by atoms with Crippen molar-refractivity contribution in [3.8, 4) is 11.8 Å². The summed E-state index contributed by atoms with van der Waals surface area (Å²) in [5.41, 5.74) is 4.62. The Kier molecular flexibility index (Phi) is 14.6. The highest BCUT2D eigenvalue weighted by Crippen LogP contribution is 2.36. The van der Waals surface area contributed by atoms with Crippen molar-refractivity contribution in [2.45, 2.75) is 116 Å². The summed E-state index contributed by atoms with van der Waals surface area (Å²) in [6.45, 7) is 18.1. The summed E-state index contributed by atoms with van der Waals surface area (Å²) in [6, 6.07) is -0.359. The molecule has 0 rings (SSSR count). The molecule has 0 bridgehead atoms. The third kappa shape index (κ3) is 17.6. The van der Waals surface area contributed by atoms with E-state index in [1.54, 1.807) is 20.8 Å². The van der Waals surface area contributed by atoms with Gasteiger partial charge in [-0.15, -0.1) is 5.92 Å². The Morgan fingerprint density at radius 3 is 2.21 bits per heavy atom. The summed E-state index contributed by atoms with van der Waals surface area (Å²) < 4.78 is 17.0. The first-order valence-corrected chi connectivity index (χ1v) is 15.0. The van der Waals surface area contributed by atoms with E-state index in [0.717, 1.165) is 38.7 Å². The first-order valence-electron chi connectivity index (χ1n) is 12.1. The molecule has 8 heteroatoms. The maximum atomic E-state index is 12.0. The topological polar surface area (TPSA) is 99.9 Å². The Morgan fingerprint density at radius 1 is 1.00 bits per heavy atom. The summed E-state index contributed by atoms with van der Waals surface area (Å²) in [4.78, 5) is 23.0. The number of hydrogen-bond donors (Lipinski definition) is 2. The largest absolute Gasteiger partial charge is 0.444 e. The summed E-state index contributed by atoms with van der Waals surface area (Å²) in [6.07, 6.45) is 5.32. The van der Waals surface area contributed by atoms with Crippen LogP contribution in [0.2, 0.25) is 18.1 Å². The summed E-state index contributed by atoms with van der Waals surface area (Å²) in [5.74, 6) is 5.72. The summed E-state index contributed by atoms with van der Waals surface area (Å²) in [7, 11) is -1.63. The Labute approximate surface area is 203 Å². The monoisotopic (exact) mass is 484 g/mol. The molecule has 0 fully saturated rings. The SMILES string of the molecule is CC(C)(C)OC(=O)N[C@@H](CCC(N)=O)COCC#CCCCCCCO[Si](C)(C)C(C)(C)C. The maximum absolute atomic E-state index is 12.0. The number of nitrogens with one attached hydrogen (secondary N) is 1. The second-order valence-corrected chi connectivity index (χ2v) is 15.8. The van der Waals surface area contributed by atoms with Crippen LogP contribution in [0, 0.1) is 11.8 Å². The second-order valence-electron chi connectivity index (χ2n) is 11.0. The molecule has 3 N–H and O–H groups in total. The number of unbranched alkanes of at least 4 members (excludes halogenated alkanes) is 4. The van der Waals surface area contributed by atoms with Crippen LogP contribution >= 0.6 is 0 Å². The molecule has 0 aliphatic rings. The number of primary amides is 1. The third-order valence-corrected chi connectivity index (χ3v) is 10.1. The normalized spacial score (nSPS) is 13.1. The number of carbonyl (C=O) groups is 2. The Bertz CT molecular complexity index is 642. The Morgan fingerprint density at radius 2 is 1.64 bits per heavy atom. The number of alkyl carbamates (subject to hydrolysis) is 1. The molecule has 0 unspecified atom stereocenters. The van der Waals surface area contributed by atoms with Crippen molar-refractivity contribution >= 4 is 20.3 Å². The lowest BCUT2D eigenvalue weighted by Gasteiger charge is -2.36. The zero-order valence-electron chi connectivity index (χ0n) is 22.3. The van der Waals surface area contributed by atoms with E-state index in [4.69, 9.17) is 19.6 Å². The van der Waals surface area contributed by atoms with Gasteiger partial charge < -0.3 is 25.0 Å². The molecule has 0 radical (unpaired) electrons. The van der Waals surface area contributed by atoms with Crippen LogP contribution in [0.25, 0.3) is 0 Å². The lowest BCUT2D eigenvalue weighted by Crippen LogP contribution is -2.42. The van der Waals surface area contributed by atoms with E-state index in [9.17, 15) is 9.59 Å². The van der Waals surface area contributed by atoms with Gasteiger partial charge in [-0.2, -0.15) is 0 Å².